The maximum Gasteiger partial charge on any atom is 0.271 e. The Balaban J connectivity index is 2.34. The monoisotopic (exact) mass is 427 g/mol. The van der Waals surface area contributed by atoms with E-state index in [0.717, 1.165) is 16.6 Å². The average molecular weight is 428 g/mol. The lowest BCUT2D eigenvalue weighted by Gasteiger charge is -2.28. The molecule has 0 aromatic heterocycles. The van der Waals surface area contributed by atoms with Crippen LogP contribution in [0.5, 0.6) is 5.75 Å². The molecule has 9 nitrogen and oxygen atoms in total. The molecule has 150 valence electrons. The van der Waals surface area contributed by atoms with Crippen molar-refractivity contribution in [3.63, 3.8) is 0 Å². The van der Waals surface area contributed by atoms with Gasteiger partial charge in [0, 0.05) is 17.8 Å². The van der Waals surface area contributed by atoms with Gasteiger partial charge in [-0.25, -0.2) is 8.42 Å². The highest BCUT2D eigenvalue weighted by Gasteiger charge is 2.30. The molecule has 0 unspecified atom stereocenters. The molecule has 0 fully saturated rings. The summed E-state index contributed by atoms with van der Waals surface area (Å²) in [5.41, 5.74) is 0.0583. The molecule has 2 rings (SSSR count). The molecule has 2 aromatic carbocycles. The van der Waals surface area contributed by atoms with Crippen LogP contribution in [0.25, 0.3) is 0 Å². The van der Waals surface area contributed by atoms with Crippen molar-refractivity contribution >= 4 is 44.6 Å². The van der Waals surface area contributed by atoms with Gasteiger partial charge >= 0.3 is 0 Å². The number of carbonyl (C=O) groups excluding carboxylic acids is 1. The molecule has 1 amide bonds. The van der Waals surface area contributed by atoms with Crippen molar-refractivity contribution in [3.8, 4) is 5.75 Å². The van der Waals surface area contributed by atoms with E-state index < -0.39 is 26.9 Å². The first-order valence-corrected chi connectivity index (χ1v) is 10.2. The molecule has 0 aliphatic carbocycles. The van der Waals surface area contributed by atoms with Crippen molar-refractivity contribution in [2.24, 2.45) is 0 Å². The van der Waals surface area contributed by atoms with Gasteiger partial charge in [0.05, 0.1) is 29.0 Å². The zero-order valence-corrected chi connectivity index (χ0v) is 16.8. The lowest BCUT2D eigenvalue weighted by atomic mass is 10.2. The van der Waals surface area contributed by atoms with Crippen LogP contribution in [0.3, 0.4) is 0 Å². The number of carbonyl (C=O) groups is 1. The van der Waals surface area contributed by atoms with Crippen molar-refractivity contribution in [2.45, 2.75) is 13.0 Å². The van der Waals surface area contributed by atoms with Gasteiger partial charge in [0.2, 0.25) is 15.9 Å². The number of rotatable bonds is 7. The molecule has 0 aliphatic rings. The molecule has 0 saturated carbocycles. The van der Waals surface area contributed by atoms with Gasteiger partial charge in [0.25, 0.3) is 5.69 Å². The van der Waals surface area contributed by atoms with Crippen LogP contribution in [0.15, 0.2) is 42.5 Å². The van der Waals surface area contributed by atoms with Crippen LogP contribution >= 0.6 is 11.6 Å². The van der Waals surface area contributed by atoms with Gasteiger partial charge in [-0.1, -0.05) is 17.7 Å². The van der Waals surface area contributed by atoms with Gasteiger partial charge in [-0.15, -0.1) is 0 Å². The second-order valence-corrected chi connectivity index (χ2v) is 8.12. The number of nitro groups is 1. The van der Waals surface area contributed by atoms with E-state index in [4.69, 9.17) is 16.3 Å². The van der Waals surface area contributed by atoms with Crippen LogP contribution < -0.4 is 14.4 Å². The van der Waals surface area contributed by atoms with Crippen LogP contribution in [-0.2, 0) is 14.8 Å². The highest BCUT2D eigenvalue weighted by atomic mass is 35.5. The fourth-order valence-corrected chi connectivity index (χ4v) is 3.97. The van der Waals surface area contributed by atoms with Gasteiger partial charge in [-0.2, -0.15) is 0 Å². The summed E-state index contributed by atoms with van der Waals surface area (Å²) in [6, 6.07) is 8.43. The molecule has 2 aromatic rings. The average Bonchev–Trinajstić information content (AvgIpc) is 2.61. The standard InChI is InChI=1S/C17H18ClN3O6S/c1-11(17(22)19-12-7-8-16(27-2)15(18)9-12)20(28(3,25)26)13-5-4-6-14(10-13)21(23)24/h4-11H,1-3H3,(H,19,22)/t11-/m0/s1. The zero-order chi connectivity index (χ0) is 21.1. The Morgan fingerprint density at radius 3 is 2.50 bits per heavy atom. The smallest absolute Gasteiger partial charge is 0.271 e. The Labute approximate surface area is 167 Å². The molecular formula is C17H18ClN3O6S. The number of anilines is 2. The van der Waals surface area contributed by atoms with Crippen LogP contribution in [0.1, 0.15) is 6.92 Å². The highest BCUT2D eigenvalue weighted by molar-refractivity contribution is 7.92. The summed E-state index contributed by atoms with van der Waals surface area (Å²) >= 11 is 6.02. The van der Waals surface area contributed by atoms with Gasteiger partial charge in [-0.05, 0) is 31.2 Å². The van der Waals surface area contributed by atoms with Gasteiger partial charge < -0.3 is 10.1 Å². The predicted octanol–water partition coefficient (Wildman–Crippen LogP) is 3.05. The molecule has 0 heterocycles. The summed E-state index contributed by atoms with van der Waals surface area (Å²) in [4.78, 5) is 23.0. The number of hydrogen-bond acceptors (Lipinski definition) is 6. The van der Waals surface area contributed by atoms with E-state index in [0.29, 0.717) is 11.4 Å². The normalized spacial score (nSPS) is 12.1. The van der Waals surface area contributed by atoms with E-state index in [1.54, 1.807) is 12.1 Å². The summed E-state index contributed by atoms with van der Waals surface area (Å²) in [6.07, 6.45) is 0.917. The minimum absolute atomic E-state index is 0.00659. The van der Waals surface area contributed by atoms with Gasteiger partial charge in [-0.3, -0.25) is 19.2 Å². The number of nitro benzene ring substituents is 1. The minimum atomic E-state index is -3.91. The molecule has 0 saturated heterocycles. The van der Waals surface area contributed by atoms with Crippen molar-refractivity contribution in [1.82, 2.24) is 0 Å². The second-order valence-electron chi connectivity index (χ2n) is 5.85. The fraction of sp³-hybridized carbons (Fsp3) is 0.235. The molecule has 1 N–H and O–H groups in total. The molecule has 0 bridgehead atoms. The van der Waals surface area contributed by atoms with Gasteiger partial charge in [0.15, 0.2) is 0 Å². The van der Waals surface area contributed by atoms with Crippen molar-refractivity contribution < 1.29 is 22.9 Å². The largest absolute Gasteiger partial charge is 0.495 e. The third-order valence-electron chi connectivity index (χ3n) is 3.80. The molecular weight excluding hydrogens is 410 g/mol. The summed E-state index contributed by atoms with van der Waals surface area (Å²) in [5, 5.41) is 13.8. The van der Waals surface area contributed by atoms with Crippen molar-refractivity contribution in [1.29, 1.82) is 0 Å². The topological polar surface area (TPSA) is 119 Å². The number of nitrogens with zero attached hydrogens (tertiary/aromatic N) is 2. The highest BCUT2D eigenvalue weighted by Crippen LogP contribution is 2.28. The van der Waals surface area contributed by atoms with E-state index in [9.17, 15) is 23.3 Å². The van der Waals surface area contributed by atoms with E-state index in [1.807, 2.05) is 0 Å². The maximum atomic E-state index is 12.6. The van der Waals surface area contributed by atoms with Gasteiger partial charge in [0.1, 0.15) is 11.8 Å². The number of ether oxygens (including phenoxy) is 1. The molecule has 0 aliphatic heterocycles. The number of methoxy groups -OCH3 is 1. The van der Waals surface area contributed by atoms with E-state index in [2.05, 4.69) is 5.32 Å². The molecule has 28 heavy (non-hydrogen) atoms. The predicted molar refractivity (Wildman–Crippen MR) is 107 cm³/mol. The van der Waals surface area contributed by atoms with Crippen molar-refractivity contribution in [2.75, 3.05) is 23.0 Å². The molecule has 0 radical (unpaired) electrons. The number of non-ortho nitro benzene ring substituents is 1. The number of halogens is 1. The Morgan fingerprint density at radius 2 is 1.96 bits per heavy atom. The van der Waals surface area contributed by atoms with Crippen molar-refractivity contribution in [3.05, 3.63) is 57.6 Å². The first kappa shape index (κ1) is 21.5. The Bertz CT molecular complexity index is 1010. The third-order valence-corrected chi connectivity index (χ3v) is 5.34. The minimum Gasteiger partial charge on any atom is -0.495 e. The van der Waals surface area contributed by atoms with Crippen LogP contribution in [0.2, 0.25) is 5.02 Å². The molecule has 11 heteroatoms. The van der Waals surface area contributed by atoms with Crippen LogP contribution in [0.4, 0.5) is 17.1 Å². The Kier molecular flexibility index (Phi) is 6.47. The third kappa shape index (κ3) is 4.90. The van der Waals surface area contributed by atoms with E-state index in [-0.39, 0.29) is 16.4 Å². The lowest BCUT2D eigenvalue weighted by molar-refractivity contribution is -0.384. The number of amides is 1. The fourth-order valence-electron chi connectivity index (χ4n) is 2.54. The molecule has 1 atom stereocenters. The SMILES string of the molecule is COc1ccc(NC(=O)[C@H](C)N(c2cccc([N+](=O)[O-])c2)S(C)(=O)=O)cc1Cl. The quantitative estimate of drug-likeness (QED) is 0.535. The van der Waals surface area contributed by atoms with Crippen LogP contribution in [0, 0.1) is 10.1 Å². The second kappa shape index (κ2) is 8.44. The first-order valence-electron chi connectivity index (χ1n) is 7.93. The summed E-state index contributed by atoms with van der Waals surface area (Å²) < 4.78 is 30.4. The lowest BCUT2D eigenvalue weighted by Crippen LogP contribution is -2.45. The number of nitrogens with one attached hydrogen (secondary N) is 1. The number of benzene rings is 2. The zero-order valence-electron chi connectivity index (χ0n) is 15.2. The summed E-state index contributed by atoms with van der Waals surface area (Å²) in [6.45, 7) is 1.38. The maximum absolute atomic E-state index is 12.6. The summed E-state index contributed by atoms with van der Waals surface area (Å²) in [7, 11) is -2.46. The first-order chi connectivity index (χ1) is 13.0. The Hall–Kier alpha value is -2.85. The number of sulfonamides is 1. The van der Waals surface area contributed by atoms with E-state index >= 15 is 0 Å². The molecule has 0 spiro atoms. The van der Waals surface area contributed by atoms with E-state index in [1.165, 1.54) is 38.3 Å². The summed E-state index contributed by atoms with van der Waals surface area (Å²) in [5.74, 6) is -0.222. The number of hydrogen-bond donors (Lipinski definition) is 1. The Morgan fingerprint density at radius 1 is 1.29 bits per heavy atom. The van der Waals surface area contributed by atoms with Crippen LogP contribution in [-0.4, -0.2) is 38.7 Å².